The van der Waals surface area contributed by atoms with E-state index in [1.807, 2.05) is 0 Å². The number of hydrogen-bond donors (Lipinski definition) is 0. The molecule has 0 saturated carbocycles. The van der Waals surface area contributed by atoms with Crippen LogP contribution in [0.1, 0.15) is 17.3 Å². The number of carbonyl (C=O) groups is 2. The highest BCUT2D eigenvalue weighted by molar-refractivity contribution is 5.90. The van der Waals surface area contributed by atoms with Gasteiger partial charge in [0.2, 0.25) is 0 Å². The van der Waals surface area contributed by atoms with Crippen molar-refractivity contribution < 1.29 is 19.1 Å². The minimum Gasteiger partial charge on any atom is -0.457 e. The lowest BCUT2D eigenvalue weighted by Crippen LogP contribution is -2.09. The Kier molecular flexibility index (Phi) is 6.57. The zero-order valence-corrected chi connectivity index (χ0v) is 12.5. The summed E-state index contributed by atoms with van der Waals surface area (Å²) < 4.78 is 10.2. The molecule has 4 heteroatoms. The van der Waals surface area contributed by atoms with E-state index in [1.165, 1.54) is 24.3 Å². The standard InChI is InChI=1S/C18H18O4/c1-5-7-14(6-2)12-21-18(20)15-8-10-16(11-9-15)22-17(19)13(3)4/h5-11H,1-3,12H2,4H3/b14-7+. The van der Waals surface area contributed by atoms with Crippen LogP contribution in [0.25, 0.3) is 0 Å². The first kappa shape index (κ1) is 17.2. The highest BCUT2D eigenvalue weighted by Crippen LogP contribution is 2.14. The van der Waals surface area contributed by atoms with Crippen LogP contribution in [0.5, 0.6) is 5.75 Å². The van der Waals surface area contributed by atoms with Crippen molar-refractivity contribution in [1.29, 1.82) is 0 Å². The van der Waals surface area contributed by atoms with Crippen molar-refractivity contribution in [2.24, 2.45) is 0 Å². The third-order valence-corrected chi connectivity index (χ3v) is 2.61. The molecule has 0 N–H and O–H groups in total. The molecule has 0 saturated heterocycles. The fourth-order valence-electron chi connectivity index (χ4n) is 1.41. The zero-order chi connectivity index (χ0) is 16.5. The topological polar surface area (TPSA) is 52.6 Å². The third kappa shape index (κ3) is 5.25. The Morgan fingerprint density at radius 1 is 1.18 bits per heavy atom. The second kappa shape index (κ2) is 8.42. The van der Waals surface area contributed by atoms with Gasteiger partial charge in [-0.2, -0.15) is 0 Å². The Hall–Kier alpha value is -2.88. The predicted molar refractivity (Wildman–Crippen MR) is 85.7 cm³/mol. The number of carbonyl (C=O) groups excluding carboxylic acids is 2. The molecule has 22 heavy (non-hydrogen) atoms. The van der Waals surface area contributed by atoms with Crippen molar-refractivity contribution in [2.45, 2.75) is 6.92 Å². The number of hydrogen-bond acceptors (Lipinski definition) is 4. The van der Waals surface area contributed by atoms with Crippen LogP contribution in [-0.2, 0) is 9.53 Å². The third-order valence-electron chi connectivity index (χ3n) is 2.61. The molecule has 0 fully saturated rings. The predicted octanol–water partition coefficient (Wildman–Crippen LogP) is 3.62. The Morgan fingerprint density at radius 2 is 1.82 bits per heavy atom. The molecule has 114 valence electrons. The van der Waals surface area contributed by atoms with E-state index in [-0.39, 0.29) is 6.61 Å². The average Bonchev–Trinajstić information content (AvgIpc) is 2.51. The van der Waals surface area contributed by atoms with Gasteiger partial charge in [0.05, 0.1) is 5.56 Å². The summed E-state index contributed by atoms with van der Waals surface area (Å²) in [5, 5.41) is 0. The molecule has 1 rings (SSSR count). The molecule has 0 atom stereocenters. The number of ether oxygens (including phenoxy) is 2. The molecule has 0 aromatic heterocycles. The van der Waals surface area contributed by atoms with Crippen LogP contribution in [0.2, 0.25) is 0 Å². The van der Waals surface area contributed by atoms with Crippen LogP contribution < -0.4 is 4.74 Å². The Morgan fingerprint density at radius 3 is 2.32 bits per heavy atom. The van der Waals surface area contributed by atoms with Gasteiger partial charge in [-0.25, -0.2) is 9.59 Å². The summed E-state index contributed by atoms with van der Waals surface area (Å²) in [6.45, 7) is 12.3. The Balaban J connectivity index is 2.66. The highest BCUT2D eigenvalue weighted by Gasteiger charge is 2.09. The van der Waals surface area contributed by atoms with Gasteiger partial charge < -0.3 is 9.47 Å². The summed E-state index contributed by atoms with van der Waals surface area (Å²) >= 11 is 0. The van der Waals surface area contributed by atoms with Crippen LogP contribution >= 0.6 is 0 Å². The summed E-state index contributed by atoms with van der Waals surface area (Å²) in [4.78, 5) is 23.2. The van der Waals surface area contributed by atoms with Crippen molar-refractivity contribution in [1.82, 2.24) is 0 Å². The molecule has 0 aliphatic heterocycles. The number of benzene rings is 1. The molecular weight excluding hydrogens is 280 g/mol. The maximum absolute atomic E-state index is 11.9. The van der Waals surface area contributed by atoms with Crippen molar-refractivity contribution >= 4 is 11.9 Å². The van der Waals surface area contributed by atoms with Crippen LogP contribution in [-0.4, -0.2) is 18.5 Å². The molecule has 0 amide bonds. The molecule has 1 aromatic carbocycles. The van der Waals surface area contributed by atoms with E-state index in [4.69, 9.17) is 9.47 Å². The van der Waals surface area contributed by atoms with Gasteiger partial charge in [-0.3, -0.25) is 0 Å². The lowest BCUT2D eigenvalue weighted by molar-refractivity contribution is -0.130. The van der Waals surface area contributed by atoms with Gasteiger partial charge >= 0.3 is 11.9 Å². The fourth-order valence-corrected chi connectivity index (χ4v) is 1.41. The lowest BCUT2D eigenvalue weighted by Gasteiger charge is -2.07. The van der Waals surface area contributed by atoms with E-state index >= 15 is 0 Å². The van der Waals surface area contributed by atoms with Crippen LogP contribution in [0.3, 0.4) is 0 Å². The molecule has 0 aliphatic rings. The summed E-state index contributed by atoms with van der Waals surface area (Å²) in [6.07, 6.45) is 4.89. The van der Waals surface area contributed by atoms with Crippen LogP contribution in [0.15, 0.2) is 73.4 Å². The number of allylic oxidation sites excluding steroid dienone is 2. The van der Waals surface area contributed by atoms with Crippen molar-refractivity contribution in [3.63, 3.8) is 0 Å². The van der Waals surface area contributed by atoms with Gasteiger partial charge in [0.15, 0.2) is 0 Å². The van der Waals surface area contributed by atoms with E-state index in [0.717, 1.165) is 5.57 Å². The van der Waals surface area contributed by atoms with E-state index < -0.39 is 11.9 Å². The molecule has 4 nitrogen and oxygen atoms in total. The molecule has 1 aromatic rings. The maximum Gasteiger partial charge on any atom is 0.338 e. The largest absolute Gasteiger partial charge is 0.457 e. The summed E-state index contributed by atoms with van der Waals surface area (Å²) in [7, 11) is 0. The summed E-state index contributed by atoms with van der Waals surface area (Å²) in [6, 6.07) is 6.08. The molecule has 0 unspecified atom stereocenters. The first-order valence-electron chi connectivity index (χ1n) is 6.56. The quantitative estimate of drug-likeness (QED) is 0.334. The van der Waals surface area contributed by atoms with Gasteiger partial charge in [-0.1, -0.05) is 38.0 Å². The number of rotatable bonds is 7. The van der Waals surface area contributed by atoms with Crippen molar-refractivity contribution in [3.05, 3.63) is 78.9 Å². The second-order valence-electron chi connectivity index (χ2n) is 4.45. The Labute approximate surface area is 130 Å². The fraction of sp³-hybridized carbons (Fsp3) is 0.111. The monoisotopic (exact) mass is 298 g/mol. The number of esters is 2. The molecule has 0 bridgehead atoms. The SMILES string of the molecule is C=C/C=C(\C=C)COC(=O)c1ccc(OC(=O)C(=C)C)cc1. The van der Waals surface area contributed by atoms with E-state index in [0.29, 0.717) is 16.9 Å². The van der Waals surface area contributed by atoms with Gasteiger partial charge in [0.25, 0.3) is 0 Å². The van der Waals surface area contributed by atoms with E-state index in [9.17, 15) is 9.59 Å². The average molecular weight is 298 g/mol. The summed E-state index contributed by atoms with van der Waals surface area (Å²) in [5.74, 6) is -0.655. The molecule has 0 spiro atoms. The summed E-state index contributed by atoms with van der Waals surface area (Å²) in [5.41, 5.74) is 1.40. The van der Waals surface area contributed by atoms with Gasteiger partial charge in [-0.15, -0.1) is 0 Å². The first-order chi connectivity index (χ1) is 10.5. The molecule has 0 heterocycles. The maximum atomic E-state index is 11.9. The van der Waals surface area contributed by atoms with Gasteiger partial charge in [-0.05, 0) is 36.8 Å². The molecule has 0 radical (unpaired) electrons. The minimum absolute atomic E-state index is 0.112. The highest BCUT2D eigenvalue weighted by atomic mass is 16.5. The first-order valence-corrected chi connectivity index (χ1v) is 6.56. The minimum atomic E-state index is -0.513. The van der Waals surface area contributed by atoms with Gasteiger partial charge in [0.1, 0.15) is 12.4 Å². The van der Waals surface area contributed by atoms with Gasteiger partial charge in [0, 0.05) is 5.57 Å². The normalized spacial score (nSPS) is 10.5. The molecular formula is C18H18O4. The zero-order valence-electron chi connectivity index (χ0n) is 12.5. The van der Waals surface area contributed by atoms with E-state index in [2.05, 4.69) is 19.7 Å². The van der Waals surface area contributed by atoms with Crippen LogP contribution in [0, 0.1) is 0 Å². The van der Waals surface area contributed by atoms with Crippen LogP contribution in [0.4, 0.5) is 0 Å². The smallest absolute Gasteiger partial charge is 0.338 e. The van der Waals surface area contributed by atoms with Crippen molar-refractivity contribution in [2.75, 3.05) is 6.61 Å². The Bertz CT molecular complexity index is 621. The second-order valence-corrected chi connectivity index (χ2v) is 4.45. The molecule has 0 aliphatic carbocycles. The lowest BCUT2D eigenvalue weighted by atomic mass is 10.2. The van der Waals surface area contributed by atoms with E-state index in [1.54, 1.807) is 25.2 Å². The van der Waals surface area contributed by atoms with Crippen molar-refractivity contribution in [3.8, 4) is 5.75 Å².